The summed E-state index contributed by atoms with van der Waals surface area (Å²) in [6, 6.07) is 0. The molecule has 2 aliphatic rings. The van der Waals surface area contributed by atoms with E-state index in [2.05, 4.69) is 27.4 Å². The Hall–Kier alpha value is -1.13. The van der Waals surface area contributed by atoms with E-state index >= 15 is 0 Å². The van der Waals surface area contributed by atoms with Gasteiger partial charge in [-0.05, 0) is 61.7 Å². The van der Waals surface area contributed by atoms with E-state index in [0.717, 1.165) is 31.3 Å². The van der Waals surface area contributed by atoms with Crippen LogP contribution in [-0.2, 0) is 4.79 Å². The van der Waals surface area contributed by atoms with Gasteiger partial charge in [-0.3, -0.25) is 0 Å². The Balaban J connectivity index is 2.27. The van der Waals surface area contributed by atoms with Crippen molar-refractivity contribution in [3.8, 4) is 0 Å². The zero-order valence-electron chi connectivity index (χ0n) is 15.4. The van der Waals surface area contributed by atoms with E-state index in [9.17, 15) is 15.0 Å². The molecule has 0 aliphatic heterocycles. The molecule has 0 aromatic rings. The minimum absolute atomic E-state index is 0.110. The van der Waals surface area contributed by atoms with Crippen LogP contribution < -0.4 is 0 Å². The van der Waals surface area contributed by atoms with E-state index in [0.29, 0.717) is 12.3 Å². The van der Waals surface area contributed by atoms with Crippen LogP contribution in [-0.4, -0.2) is 33.5 Å². The molecule has 2 rings (SSSR count). The lowest BCUT2D eigenvalue weighted by atomic mass is 9.46. The van der Waals surface area contributed by atoms with Crippen LogP contribution in [0.4, 0.5) is 0 Å². The van der Waals surface area contributed by atoms with E-state index in [1.165, 1.54) is 11.6 Å². The fraction of sp³-hybridized carbons (Fsp3) is 0.750. The molecule has 5 atom stereocenters. The number of carboxylic acid groups (broad SMARTS) is 1. The summed E-state index contributed by atoms with van der Waals surface area (Å²) in [5.74, 6) is -0.339. The van der Waals surface area contributed by atoms with Crippen LogP contribution in [0.5, 0.6) is 0 Å². The highest BCUT2D eigenvalue weighted by molar-refractivity contribution is 5.80. The van der Waals surface area contributed by atoms with Gasteiger partial charge in [0.25, 0.3) is 0 Å². The summed E-state index contributed by atoms with van der Waals surface area (Å²) < 4.78 is 0. The first-order chi connectivity index (χ1) is 11.0. The van der Waals surface area contributed by atoms with Crippen LogP contribution in [0.15, 0.2) is 23.8 Å². The highest BCUT2D eigenvalue weighted by Crippen LogP contribution is 2.61. The van der Waals surface area contributed by atoms with Crippen molar-refractivity contribution in [2.75, 3.05) is 0 Å². The summed E-state index contributed by atoms with van der Waals surface area (Å²) in [7, 11) is 0. The maximum Gasteiger partial charge on any atom is 0.328 e. The van der Waals surface area contributed by atoms with Crippen molar-refractivity contribution < 1.29 is 20.1 Å². The highest BCUT2D eigenvalue weighted by Gasteiger charge is 2.58. The SMILES string of the molecule is C=C1CCC2C(C)(C)C(O)C(O)CC2(C)C1CCC(C)=CC(=O)O. The molecule has 4 heteroatoms. The van der Waals surface area contributed by atoms with Gasteiger partial charge >= 0.3 is 5.97 Å². The lowest BCUT2D eigenvalue weighted by Gasteiger charge is -2.60. The fourth-order valence-corrected chi connectivity index (χ4v) is 5.50. The summed E-state index contributed by atoms with van der Waals surface area (Å²) in [6.45, 7) is 12.5. The average Bonchev–Trinajstić information content (AvgIpc) is 2.43. The van der Waals surface area contributed by atoms with E-state index in [1.807, 2.05) is 6.92 Å². The van der Waals surface area contributed by atoms with Gasteiger partial charge < -0.3 is 15.3 Å². The van der Waals surface area contributed by atoms with Crippen molar-refractivity contribution in [1.29, 1.82) is 0 Å². The van der Waals surface area contributed by atoms with Gasteiger partial charge in [0.05, 0.1) is 12.2 Å². The molecule has 0 radical (unpaired) electrons. The van der Waals surface area contributed by atoms with Crippen molar-refractivity contribution in [3.05, 3.63) is 23.8 Å². The van der Waals surface area contributed by atoms with Gasteiger partial charge in [-0.15, -0.1) is 0 Å². The minimum atomic E-state index is -0.906. The number of carboxylic acids is 1. The number of fused-ring (bicyclic) bond motifs is 1. The number of hydrogen-bond acceptors (Lipinski definition) is 3. The Morgan fingerprint density at radius 3 is 2.54 bits per heavy atom. The maximum atomic E-state index is 10.8. The molecule has 2 saturated carbocycles. The van der Waals surface area contributed by atoms with Crippen molar-refractivity contribution in [2.24, 2.45) is 22.7 Å². The maximum absolute atomic E-state index is 10.8. The topological polar surface area (TPSA) is 77.8 Å². The summed E-state index contributed by atoms with van der Waals surface area (Å²) in [4.78, 5) is 10.8. The molecular weight excluding hydrogens is 304 g/mol. The van der Waals surface area contributed by atoms with Crippen LogP contribution in [0, 0.1) is 22.7 Å². The van der Waals surface area contributed by atoms with Gasteiger partial charge in [0.15, 0.2) is 0 Å². The predicted molar refractivity (Wildman–Crippen MR) is 94.5 cm³/mol. The highest BCUT2D eigenvalue weighted by atomic mass is 16.4. The van der Waals surface area contributed by atoms with Crippen LogP contribution in [0.1, 0.15) is 59.8 Å². The smallest absolute Gasteiger partial charge is 0.328 e. The summed E-state index contributed by atoms with van der Waals surface area (Å²) in [5.41, 5.74) is 1.62. The molecule has 2 fully saturated rings. The van der Waals surface area contributed by atoms with E-state index in [4.69, 9.17) is 5.11 Å². The van der Waals surface area contributed by atoms with Gasteiger partial charge in [-0.2, -0.15) is 0 Å². The molecule has 4 nitrogen and oxygen atoms in total. The van der Waals surface area contributed by atoms with Crippen molar-refractivity contribution >= 4 is 5.97 Å². The standard InChI is InChI=1S/C20H32O4/c1-12(10-17(22)23)6-8-14-13(2)7-9-16-19(3,4)18(24)15(21)11-20(14,16)5/h10,14-16,18,21,24H,2,6-9,11H2,1,3-5H3,(H,22,23). The molecule has 2 aliphatic carbocycles. The molecule has 0 bridgehead atoms. The third kappa shape index (κ3) is 3.31. The zero-order chi connectivity index (χ0) is 18.3. The first kappa shape index (κ1) is 19.2. The van der Waals surface area contributed by atoms with Gasteiger partial charge in [-0.25, -0.2) is 4.79 Å². The lowest BCUT2D eigenvalue weighted by Crippen LogP contribution is -2.60. The second-order valence-electron chi connectivity index (χ2n) is 8.71. The number of aliphatic hydroxyl groups excluding tert-OH is 2. The molecule has 0 amide bonds. The molecule has 136 valence electrons. The Morgan fingerprint density at radius 1 is 1.33 bits per heavy atom. The Morgan fingerprint density at radius 2 is 1.96 bits per heavy atom. The van der Waals surface area contributed by atoms with Crippen molar-refractivity contribution in [3.63, 3.8) is 0 Å². The molecule has 3 N–H and O–H groups in total. The minimum Gasteiger partial charge on any atom is -0.478 e. The molecular formula is C20H32O4. The van der Waals surface area contributed by atoms with E-state index in [1.54, 1.807) is 0 Å². The quantitative estimate of drug-likeness (QED) is 0.542. The third-order valence-electron chi connectivity index (χ3n) is 6.71. The third-order valence-corrected chi connectivity index (χ3v) is 6.71. The first-order valence-corrected chi connectivity index (χ1v) is 8.94. The summed E-state index contributed by atoms with van der Waals surface area (Å²) in [6.07, 6.45) is 3.94. The summed E-state index contributed by atoms with van der Waals surface area (Å²) in [5, 5.41) is 29.8. The fourth-order valence-electron chi connectivity index (χ4n) is 5.50. The Labute approximate surface area is 145 Å². The van der Waals surface area contributed by atoms with Gasteiger partial charge in [-0.1, -0.05) is 38.5 Å². The molecule has 24 heavy (non-hydrogen) atoms. The van der Waals surface area contributed by atoms with Gasteiger partial charge in [0.1, 0.15) is 0 Å². The Kier molecular flexibility index (Phi) is 5.31. The number of hydrogen-bond donors (Lipinski definition) is 3. The Bertz CT molecular complexity index is 548. The van der Waals surface area contributed by atoms with E-state index < -0.39 is 18.2 Å². The molecule has 0 spiro atoms. The number of aliphatic hydroxyl groups is 2. The molecule has 0 heterocycles. The number of aliphatic carboxylic acids is 1. The van der Waals surface area contributed by atoms with Crippen molar-refractivity contribution in [2.45, 2.75) is 72.0 Å². The molecule has 0 aromatic heterocycles. The average molecular weight is 336 g/mol. The molecule has 0 saturated heterocycles. The van der Waals surface area contributed by atoms with Crippen LogP contribution in [0.2, 0.25) is 0 Å². The second-order valence-corrected chi connectivity index (χ2v) is 8.71. The lowest BCUT2D eigenvalue weighted by molar-refractivity contribution is -0.180. The van der Waals surface area contributed by atoms with Gasteiger partial charge in [0.2, 0.25) is 0 Å². The number of allylic oxidation sites excluding steroid dienone is 2. The molecule has 0 aromatic carbocycles. The number of carbonyl (C=O) groups is 1. The zero-order valence-corrected chi connectivity index (χ0v) is 15.4. The predicted octanol–water partition coefficient (Wildman–Crippen LogP) is 3.54. The van der Waals surface area contributed by atoms with Gasteiger partial charge in [0, 0.05) is 6.08 Å². The first-order valence-electron chi connectivity index (χ1n) is 8.94. The molecule has 5 unspecified atom stereocenters. The monoisotopic (exact) mass is 336 g/mol. The van der Waals surface area contributed by atoms with E-state index in [-0.39, 0.29) is 16.7 Å². The van der Waals surface area contributed by atoms with Crippen molar-refractivity contribution in [1.82, 2.24) is 0 Å². The van der Waals surface area contributed by atoms with Crippen LogP contribution in [0.25, 0.3) is 0 Å². The largest absolute Gasteiger partial charge is 0.478 e. The normalized spacial score (nSPS) is 39.4. The second kappa shape index (κ2) is 6.64. The number of rotatable bonds is 4. The van der Waals surface area contributed by atoms with Crippen LogP contribution >= 0.6 is 0 Å². The summed E-state index contributed by atoms with van der Waals surface area (Å²) >= 11 is 0. The van der Waals surface area contributed by atoms with Crippen LogP contribution in [0.3, 0.4) is 0 Å².